The normalized spacial score (nSPS) is 26.3. The number of rotatable bonds is 2. The average molecular weight is 379 g/mol. The fourth-order valence-electron chi connectivity index (χ4n) is 4.21. The van der Waals surface area contributed by atoms with Crippen molar-refractivity contribution in [3.8, 4) is 0 Å². The molecule has 27 heavy (non-hydrogen) atoms. The molecule has 136 valence electrons. The first kappa shape index (κ1) is 16.4. The molecule has 6 nitrogen and oxygen atoms in total. The summed E-state index contributed by atoms with van der Waals surface area (Å²) < 4.78 is 0. The number of benzene rings is 2. The molecule has 5 rings (SSSR count). The molecule has 7 heteroatoms. The predicted octanol–water partition coefficient (Wildman–Crippen LogP) is 2.40. The molecule has 0 saturated carbocycles. The largest absolute Gasteiger partial charge is 0.329 e. The SMILES string of the molecule is CN1C(=O)[C@]2(SC[C@H]3C(=O)N(Cc4ccccc4)C(=O)N32)c2ccccc21. The van der Waals surface area contributed by atoms with E-state index in [1.807, 2.05) is 54.6 Å². The van der Waals surface area contributed by atoms with Crippen molar-refractivity contribution in [2.75, 3.05) is 17.7 Å². The van der Waals surface area contributed by atoms with Gasteiger partial charge in [-0.15, -0.1) is 11.8 Å². The highest BCUT2D eigenvalue weighted by Gasteiger charge is 2.67. The first-order valence-corrected chi connectivity index (χ1v) is 9.74. The van der Waals surface area contributed by atoms with Crippen molar-refractivity contribution in [1.29, 1.82) is 0 Å². The maximum absolute atomic E-state index is 13.3. The summed E-state index contributed by atoms with van der Waals surface area (Å²) in [5, 5.41) is 0. The number of para-hydroxylation sites is 1. The van der Waals surface area contributed by atoms with Crippen LogP contribution in [0.4, 0.5) is 10.5 Å². The van der Waals surface area contributed by atoms with Crippen LogP contribution < -0.4 is 4.90 Å². The summed E-state index contributed by atoms with van der Waals surface area (Å²) in [4.78, 5) is 42.7. The fraction of sp³-hybridized carbons (Fsp3) is 0.250. The van der Waals surface area contributed by atoms with Gasteiger partial charge in [0.1, 0.15) is 6.04 Å². The van der Waals surface area contributed by atoms with Gasteiger partial charge in [0.25, 0.3) is 11.8 Å². The minimum atomic E-state index is -1.14. The molecule has 2 saturated heterocycles. The molecule has 0 radical (unpaired) electrons. The molecular weight excluding hydrogens is 362 g/mol. The average Bonchev–Trinajstić information content (AvgIpc) is 3.28. The third-order valence-electron chi connectivity index (χ3n) is 5.50. The molecule has 2 atom stereocenters. The summed E-state index contributed by atoms with van der Waals surface area (Å²) >= 11 is 1.38. The van der Waals surface area contributed by atoms with Gasteiger partial charge in [-0.2, -0.15) is 0 Å². The number of imide groups is 1. The number of amides is 4. The van der Waals surface area contributed by atoms with Crippen LogP contribution in [0, 0.1) is 0 Å². The van der Waals surface area contributed by atoms with Gasteiger partial charge in [-0.05, 0) is 11.6 Å². The molecule has 0 bridgehead atoms. The van der Waals surface area contributed by atoms with Crippen LogP contribution in [0.25, 0.3) is 0 Å². The summed E-state index contributed by atoms with van der Waals surface area (Å²) in [6.45, 7) is 0.220. The Morgan fingerprint density at radius 2 is 1.74 bits per heavy atom. The van der Waals surface area contributed by atoms with E-state index in [4.69, 9.17) is 0 Å². The van der Waals surface area contributed by atoms with Crippen molar-refractivity contribution < 1.29 is 14.4 Å². The summed E-state index contributed by atoms with van der Waals surface area (Å²) in [5.74, 6) is 0.0241. The number of carbonyl (C=O) groups excluding carboxylic acids is 3. The van der Waals surface area contributed by atoms with Crippen LogP contribution in [0.15, 0.2) is 54.6 Å². The number of anilines is 1. The molecule has 3 aliphatic rings. The number of likely N-dealkylation sites (N-methyl/N-ethyl adjacent to an activating group) is 1. The van der Waals surface area contributed by atoms with Crippen molar-refractivity contribution >= 4 is 35.3 Å². The number of hydrogen-bond donors (Lipinski definition) is 0. The Labute approximate surface area is 160 Å². The maximum Gasteiger partial charge on any atom is 0.329 e. The zero-order valence-corrected chi connectivity index (χ0v) is 15.5. The second-order valence-electron chi connectivity index (χ2n) is 6.91. The molecule has 0 N–H and O–H groups in total. The van der Waals surface area contributed by atoms with E-state index >= 15 is 0 Å². The lowest BCUT2D eigenvalue weighted by Gasteiger charge is -2.31. The Kier molecular flexibility index (Phi) is 3.40. The van der Waals surface area contributed by atoms with Gasteiger partial charge in [0.15, 0.2) is 4.87 Å². The molecule has 2 aromatic carbocycles. The Morgan fingerprint density at radius 1 is 1.04 bits per heavy atom. The number of hydrogen-bond acceptors (Lipinski definition) is 4. The summed E-state index contributed by atoms with van der Waals surface area (Å²) in [7, 11) is 1.72. The van der Waals surface area contributed by atoms with Crippen molar-refractivity contribution in [2.24, 2.45) is 0 Å². The summed E-state index contributed by atoms with van der Waals surface area (Å²) in [6, 6.07) is 15.9. The molecule has 0 aromatic heterocycles. The predicted molar refractivity (Wildman–Crippen MR) is 102 cm³/mol. The molecule has 3 aliphatic heterocycles. The zero-order chi connectivity index (χ0) is 18.8. The third kappa shape index (κ3) is 2.00. The smallest absolute Gasteiger partial charge is 0.312 e. The highest BCUT2D eigenvalue weighted by molar-refractivity contribution is 8.01. The van der Waals surface area contributed by atoms with Gasteiger partial charge in [-0.25, -0.2) is 4.79 Å². The standard InChI is InChI=1S/C20H17N3O3S/c1-21-15-10-6-5-9-14(15)20(18(21)25)23-16(12-27-20)17(24)22(19(23)26)11-13-7-3-2-4-8-13/h2-10,16H,11-12H2,1H3/t16-,20+/m0/s1. The van der Waals surface area contributed by atoms with E-state index in [1.54, 1.807) is 11.9 Å². The second kappa shape index (κ2) is 5.60. The first-order chi connectivity index (χ1) is 13.1. The fourth-order valence-corrected chi connectivity index (χ4v) is 5.83. The quantitative estimate of drug-likeness (QED) is 0.752. The molecule has 0 aliphatic carbocycles. The molecule has 3 heterocycles. The van der Waals surface area contributed by atoms with Crippen LogP contribution >= 0.6 is 11.8 Å². The van der Waals surface area contributed by atoms with Gasteiger partial charge in [0.2, 0.25) is 0 Å². The van der Waals surface area contributed by atoms with Gasteiger partial charge in [0.05, 0.1) is 12.2 Å². The number of carbonyl (C=O) groups is 3. The Morgan fingerprint density at radius 3 is 2.52 bits per heavy atom. The second-order valence-corrected chi connectivity index (χ2v) is 8.13. The van der Waals surface area contributed by atoms with Crippen molar-refractivity contribution in [1.82, 2.24) is 9.80 Å². The first-order valence-electron chi connectivity index (χ1n) is 8.76. The minimum Gasteiger partial charge on any atom is -0.312 e. The summed E-state index contributed by atoms with van der Waals surface area (Å²) in [6.07, 6.45) is 0. The van der Waals surface area contributed by atoms with E-state index in [9.17, 15) is 14.4 Å². The van der Waals surface area contributed by atoms with Gasteiger partial charge >= 0.3 is 6.03 Å². The Hall–Kier alpha value is -2.80. The highest BCUT2D eigenvalue weighted by Crippen LogP contribution is 2.57. The van der Waals surface area contributed by atoms with E-state index in [-0.39, 0.29) is 18.4 Å². The van der Waals surface area contributed by atoms with E-state index in [0.29, 0.717) is 5.75 Å². The number of urea groups is 1. The van der Waals surface area contributed by atoms with Gasteiger partial charge < -0.3 is 4.90 Å². The van der Waals surface area contributed by atoms with Crippen LogP contribution in [0.3, 0.4) is 0 Å². The molecule has 4 amide bonds. The van der Waals surface area contributed by atoms with Crippen molar-refractivity contribution in [3.63, 3.8) is 0 Å². The van der Waals surface area contributed by atoms with Gasteiger partial charge in [-0.3, -0.25) is 19.4 Å². The van der Waals surface area contributed by atoms with Crippen LogP contribution in [0.1, 0.15) is 11.1 Å². The summed E-state index contributed by atoms with van der Waals surface area (Å²) in [5.41, 5.74) is 2.46. The highest BCUT2D eigenvalue weighted by atomic mass is 32.2. The topological polar surface area (TPSA) is 60.9 Å². The lowest BCUT2D eigenvalue weighted by Crippen LogP contribution is -2.50. The van der Waals surface area contributed by atoms with Crippen molar-refractivity contribution in [2.45, 2.75) is 17.5 Å². The Bertz CT molecular complexity index is 979. The molecule has 1 spiro atoms. The molecule has 0 unspecified atom stereocenters. The number of nitrogens with zero attached hydrogens (tertiary/aromatic N) is 3. The maximum atomic E-state index is 13.3. The number of fused-ring (bicyclic) bond motifs is 4. The van der Waals surface area contributed by atoms with E-state index in [0.717, 1.165) is 16.8 Å². The van der Waals surface area contributed by atoms with E-state index in [2.05, 4.69) is 0 Å². The van der Waals surface area contributed by atoms with Crippen LogP contribution in [-0.2, 0) is 21.0 Å². The van der Waals surface area contributed by atoms with Crippen LogP contribution in [-0.4, -0.2) is 46.5 Å². The van der Waals surface area contributed by atoms with E-state index in [1.165, 1.54) is 21.6 Å². The van der Waals surface area contributed by atoms with Gasteiger partial charge in [0, 0.05) is 18.4 Å². The molecular formula is C20H17N3O3S. The lowest BCUT2D eigenvalue weighted by atomic mass is 10.1. The zero-order valence-electron chi connectivity index (χ0n) is 14.7. The molecule has 2 aromatic rings. The molecule has 2 fully saturated rings. The van der Waals surface area contributed by atoms with Crippen LogP contribution in [0.5, 0.6) is 0 Å². The third-order valence-corrected chi connectivity index (χ3v) is 6.99. The van der Waals surface area contributed by atoms with E-state index < -0.39 is 16.9 Å². The monoisotopic (exact) mass is 379 g/mol. The minimum absolute atomic E-state index is 0.168. The lowest BCUT2D eigenvalue weighted by molar-refractivity contribution is -0.128. The van der Waals surface area contributed by atoms with Gasteiger partial charge in [-0.1, -0.05) is 48.5 Å². The Balaban J connectivity index is 1.57. The number of thioether (sulfide) groups is 1. The van der Waals surface area contributed by atoms with Crippen LogP contribution in [0.2, 0.25) is 0 Å². The van der Waals surface area contributed by atoms with Crippen molar-refractivity contribution in [3.05, 3.63) is 65.7 Å².